The molecule has 1 heterocycles. The minimum absolute atomic E-state index is 0.101. The predicted octanol–water partition coefficient (Wildman–Crippen LogP) is 1.82. The second-order valence-electron chi connectivity index (χ2n) is 2.65. The van der Waals surface area contributed by atoms with Gasteiger partial charge in [-0.25, -0.2) is 4.98 Å². The number of hydrogen-bond donors (Lipinski definition) is 1. The van der Waals surface area contributed by atoms with Crippen LogP contribution in [-0.4, -0.2) is 11.0 Å². The number of rotatable bonds is 3. The largest absolute Gasteiger partial charge is 0.295 e. The highest BCUT2D eigenvalue weighted by atomic mass is 32.1. The lowest BCUT2D eigenvalue weighted by molar-refractivity contribution is 0.544. The Morgan fingerprint density at radius 2 is 2.42 bits per heavy atom. The van der Waals surface area contributed by atoms with Gasteiger partial charge in [-0.05, 0) is 13.8 Å². The molecule has 0 spiro atoms. The number of aromatic nitrogens is 1. The summed E-state index contributed by atoms with van der Waals surface area (Å²) < 4.78 is 0. The first-order valence-corrected chi connectivity index (χ1v) is 4.73. The molecule has 0 saturated carbocycles. The lowest BCUT2D eigenvalue weighted by Gasteiger charge is -2.12. The van der Waals surface area contributed by atoms with E-state index in [4.69, 9.17) is 6.42 Å². The van der Waals surface area contributed by atoms with Crippen LogP contribution in [-0.2, 0) is 0 Å². The van der Waals surface area contributed by atoms with E-state index in [1.54, 1.807) is 17.5 Å². The molecule has 0 fully saturated rings. The van der Waals surface area contributed by atoms with Crippen molar-refractivity contribution in [2.24, 2.45) is 0 Å². The maximum absolute atomic E-state index is 5.24. The van der Waals surface area contributed by atoms with Crippen LogP contribution >= 0.6 is 11.3 Å². The van der Waals surface area contributed by atoms with Crippen LogP contribution in [0.2, 0.25) is 0 Å². The Hall–Kier alpha value is -0.850. The van der Waals surface area contributed by atoms with Crippen molar-refractivity contribution >= 4 is 11.3 Å². The van der Waals surface area contributed by atoms with Crippen LogP contribution in [0, 0.1) is 12.3 Å². The third-order valence-corrected chi connectivity index (χ3v) is 2.53. The molecule has 0 aromatic carbocycles. The average molecular weight is 180 g/mol. The normalized spacial score (nSPS) is 15.1. The maximum Gasteiger partial charge on any atom is 0.109 e. The molecular weight excluding hydrogens is 168 g/mol. The Morgan fingerprint density at radius 3 is 2.92 bits per heavy atom. The molecule has 1 rings (SSSR count). The molecule has 64 valence electrons. The molecule has 12 heavy (non-hydrogen) atoms. The summed E-state index contributed by atoms with van der Waals surface area (Å²) in [6.07, 6.45) is 7.05. The van der Waals surface area contributed by atoms with E-state index < -0.39 is 0 Å². The number of thiazole rings is 1. The van der Waals surface area contributed by atoms with E-state index in [0.717, 1.165) is 5.01 Å². The van der Waals surface area contributed by atoms with Gasteiger partial charge in [0.25, 0.3) is 0 Å². The van der Waals surface area contributed by atoms with Crippen molar-refractivity contribution in [3.05, 3.63) is 16.6 Å². The zero-order valence-electron chi connectivity index (χ0n) is 7.24. The zero-order chi connectivity index (χ0) is 8.97. The molecule has 0 saturated heterocycles. The fraction of sp³-hybridized carbons (Fsp3) is 0.444. The first-order chi connectivity index (χ1) is 5.74. The minimum Gasteiger partial charge on any atom is -0.295 e. The summed E-state index contributed by atoms with van der Waals surface area (Å²) in [7, 11) is 0. The molecule has 0 aliphatic rings. The molecule has 1 N–H and O–H groups in total. The lowest BCUT2D eigenvalue weighted by Crippen LogP contribution is -2.27. The van der Waals surface area contributed by atoms with E-state index in [-0.39, 0.29) is 12.1 Å². The highest BCUT2D eigenvalue weighted by molar-refractivity contribution is 7.09. The van der Waals surface area contributed by atoms with E-state index in [9.17, 15) is 0 Å². The summed E-state index contributed by atoms with van der Waals surface area (Å²) in [5.41, 5.74) is 0. The first-order valence-electron chi connectivity index (χ1n) is 3.85. The molecule has 1 aromatic heterocycles. The Bertz CT molecular complexity index is 261. The highest BCUT2D eigenvalue weighted by Crippen LogP contribution is 2.14. The molecule has 0 amide bonds. The van der Waals surface area contributed by atoms with Crippen LogP contribution in [0.15, 0.2) is 11.6 Å². The summed E-state index contributed by atoms with van der Waals surface area (Å²) in [5, 5.41) is 6.29. The van der Waals surface area contributed by atoms with E-state index in [1.165, 1.54) is 0 Å². The van der Waals surface area contributed by atoms with Gasteiger partial charge >= 0.3 is 0 Å². The third-order valence-electron chi connectivity index (χ3n) is 1.57. The second kappa shape index (κ2) is 4.24. The Morgan fingerprint density at radius 1 is 1.67 bits per heavy atom. The maximum atomic E-state index is 5.24. The number of nitrogens with zero attached hydrogens (tertiary/aromatic N) is 1. The van der Waals surface area contributed by atoms with Crippen LogP contribution in [0.25, 0.3) is 0 Å². The highest BCUT2D eigenvalue weighted by Gasteiger charge is 2.08. The van der Waals surface area contributed by atoms with E-state index in [2.05, 4.69) is 23.1 Å². The Balaban J connectivity index is 2.51. The van der Waals surface area contributed by atoms with Crippen LogP contribution < -0.4 is 5.32 Å². The molecule has 2 nitrogen and oxygen atoms in total. The van der Waals surface area contributed by atoms with Gasteiger partial charge in [-0.2, -0.15) is 0 Å². The molecule has 2 unspecified atom stereocenters. The van der Waals surface area contributed by atoms with Crippen LogP contribution in [0.1, 0.15) is 24.9 Å². The third kappa shape index (κ3) is 2.33. The van der Waals surface area contributed by atoms with Crippen molar-refractivity contribution in [2.75, 3.05) is 0 Å². The SMILES string of the molecule is C#CC(C)NC(C)c1nccs1. The molecule has 0 aliphatic heterocycles. The fourth-order valence-corrected chi connectivity index (χ4v) is 1.60. The van der Waals surface area contributed by atoms with Gasteiger partial charge in [-0.15, -0.1) is 17.8 Å². The molecule has 1 aromatic rings. The van der Waals surface area contributed by atoms with Crippen LogP contribution in [0.4, 0.5) is 0 Å². The van der Waals surface area contributed by atoms with E-state index in [1.807, 2.05) is 12.3 Å². The van der Waals surface area contributed by atoms with Crippen molar-refractivity contribution in [1.82, 2.24) is 10.3 Å². The predicted molar refractivity (Wildman–Crippen MR) is 52.0 cm³/mol. The quantitative estimate of drug-likeness (QED) is 0.718. The molecule has 0 radical (unpaired) electrons. The van der Waals surface area contributed by atoms with Gasteiger partial charge in [0.1, 0.15) is 5.01 Å². The van der Waals surface area contributed by atoms with E-state index in [0.29, 0.717) is 0 Å². The van der Waals surface area contributed by atoms with E-state index >= 15 is 0 Å². The smallest absolute Gasteiger partial charge is 0.109 e. The summed E-state index contributed by atoms with van der Waals surface area (Å²) in [6, 6.07) is 0.347. The van der Waals surface area contributed by atoms with Crippen LogP contribution in [0.5, 0.6) is 0 Å². The molecule has 3 heteroatoms. The summed E-state index contributed by atoms with van der Waals surface area (Å²) in [5.74, 6) is 2.62. The molecule has 2 atom stereocenters. The lowest BCUT2D eigenvalue weighted by atomic mass is 10.3. The molecule has 0 aliphatic carbocycles. The van der Waals surface area contributed by atoms with Gasteiger partial charge in [0, 0.05) is 11.6 Å². The zero-order valence-corrected chi connectivity index (χ0v) is 8.06. The Labute approximate surface area is 77.0 Å². The van der Waals surface area contributed by atoms with Gasteiger partial charge in [0.15, 0.2) is 0 Å². The standard InChI is InChI=1S/C9H12N2S/c1-4-7(2)11-8(3)9-10-5-6-12-9/h1,5-8,11H,2-3H3. The molecule has 0 bridgehead atoms. The fourth-order valence-electron chi connectivity index (χ4n) is 0.943. The van der Waals surface area contributed by atoms with Gasteiger partial charge in [0.05, 0.1) is 12.1 Å². The van der Waals surface area contributed by atoms with Gasteiger partial charge in [0.2, 0.25) is 0 Å². The number of nitrogens with one attached hydrogen (secondary N) is 1. The number of hydrogen-bond acceptors (Lipinski definition) is 3. The first kappa shape index (κ1) is 9.24. The van der Waals surface area contributed by atoms with Gasteiger partial charge < -0.3 is 0 Å². The van der Waals surface area contributed by atoms with Crippen molar-refractivity contribution < 1.29 is 0 Å². The average Bonchev–Trinajstić information content (AvgIpc) is 2.56. The van der Waals surface area contributed by atoms with Crippen molar-refractivity contribution in [3.63, 3.8) is 0 Å². The summed E-state index contributed by atoms with van der Waals surface area (Å²) in [4.78, 5) is 4.19. The van der Waals surface area contributed by atoms with Crippen molar-refractivity contribution in [2.45, 2.75) is 25.9 Å². The molecular formula is C9H12N2S. The minimum atomic E-state index is 0.101. The summed E-state index contributed by atoms with van der Waals surface area (Å²) in [6.45, 7) is 4.02. The van der Waals surface area contributed by atoms with Gasteiger partial charge in [-0.1, -0.05) is 5.92 Å². The summed E-state index contributed by atoms with van der Waals surface area (Å²) >= 11 is 1.64. The second-order valence-corrected chi connectivity index (χ2v) is 3.57. The number of terminal acetylenes is 1. The van der Waals surface area contributed by atoms with Gasteiger partial charge in [-0.3, -0.25) is 5.32 Å². The van der Waals surface area contributed by atoms with Crippen molar-refractivity contribution in [1.29, 1.82) is 0 Å². The Kier molecular flexibility index (Phi) is 3.27. The topological polar surface area (TPSA) is 24.9 Å². The van der Waals surface area contributed by atoms with Crippen molar-refractivity contribution in [3.8, 4) is 12.3 Å². The van der Waals surface area contributed by atoms with Crippen LogP contribution in [0.3, 0.4) is 0 Å². The monoisotopic (exact) mass is 180 g/mol.